The SMILES string of the molecule is CCOc1ccc(OCC(=O)NCCCS(=O)(=O)N2CCc3ccccc3C2)cc1. The maximum atomic E-state index is 12.6. The van der Waals surface area contributed by atoms with E-state index in [4.69, 9.17) is 9.47 Å². The van der Waals surface area contributed by atoms with E-state index in [2.05, 4.69) is 5.32 Å². The lowest BCUT2D eigenvalue weighted by atomic mass is 10.0. The molecule has 30 heavy (non-hydrogen) atoms. The van der Waals surface area contributed by atoms with Crippen LogP contribution < -0.4 is 14.8 Å². The molecule has 8 heteroatoms. The summed E-state index contributed by atoms with van der Waals surface area (Å²) in [4.78, 5) is 11.9. The molecular weight excluding hydrogens is 404 g/mol. The number of amides is 1. The van der Waals surface area contributed by atoms with Crippen LogP contribution in [-0.4, -0.2) is 50.7 Å². The van der Waals surface area contributed by atoms with E-state index in [1.807, 2.05) is 31.2 Å². The third kappa shape index (κ3) is 6.21. The quantitative estimate of drug-likeness (QED) is 0.583. The van der Waals surface area contributed by atoms with Gasteiger partial charge in [-0.15, -0.1) is 0 Å². The van der Waals surface area contributed by atoms with Gasteiger partial charge in [0.25, 0.3) is 5.91 Å². The highest BCUT2D eigenvalue weighted by Crippen LogP contribution is 2.21. The van der Waals surface area contributed by atoms with Gasteiger partial charge in [0.1, 0.15) is 11.5 Å². The minimum Gasteiger partial charge on any atom is -0.494 e. The Hall–Kier alpha value is -2.58. The van der Waals surface area contributed by atoms with Crippen molar-refractivity contribution in [2.45, 2.75) is 26.3 Å². The molecule has 0 saturated carbocycles. The number of ether oxygens (including phenoxy) is 2. The molecule has 0 fully saturated rings. The van der Waals surface area contributed by atoms with Crippen molar-refractivity contribution in [1.29, 1.82) is 0 Å². The van der Waals surface area contributed by atoms with Crippen molar-refractivity contribution in [2.75, 3.05) is 32.1 Å². The van der Waals surface area contributed by atoms with E-state index in [1.54, 1.807) is 24.3 Å². The molecule has 0 saturated heterocycles. The molecule has 162 valence electrons. The third-order valence-electron chi connectivity index (χ3n) is 4.89. The first-order valence-electron chi connectivity index (χ1n) is 10.1. The summed E-state index contributed by atoms with van der Waals surface area (Å²) < 4.78 is 37.5. The minimum atomic E-state index is -3.35. The van der Waals surface area contributed by atoms with Gasteiger partial charge in [-0.2, -0.15) is 4.31 Å². The number of hydrogen-bond donors (Lipinski definition) is 1. The molecule has 3 rings (SSSR count). The molecule has 0 spiro atoms. The molecule has 0 atom stereocenters. The minimum absolute atomic E-state index is 0.00912. The fourth-order valence-electron chi connectivity index (χ4n) is 3.32. The first-order valence-corrected chi connectivity index (χ1v) is 11.8. The van der Waals surface area contributed by atoms with Crippen molar-refractivity contribution >= 4 is 15.9 Å². The van der Waals surface area contributed by atoms with Crippen LogP contribution in [0, 0.1) is 0 Å². The fourth-order valence-corrected chi connectivity index (χ4v) is 4.79. The first kappa shape index (κ1) is 22.1. The van der Waals surface area contributed by atoms with Crippen molar-refractivity contribution in [3.8, 4) is 11.5 Å². The largest absolute Gasteiger partial charge is 0.494 e. The summed E-state index contributed by atoms with van der Waals surface area (Å²) in [6.45, 7) is 3.58. The number of rotatable bonds is 10. The Morgan fingerprint density at radius 3 is 2.40 bits per heavy atom. The molecule has 0 bridgehead atoms. The lowest BCUT2D eigenvalue weighted by Gasteiger charge is -2.28. The van der Waals surface area contributed by atoms with Gasteiger partial charge in [-0.25, -0.2) is 8.42 Å². The zero-order valence-corrected chi connectivity index (χ0v) is 18.0. The Morgan fingerprint density at radius 2 is 1.70 bits per heavy atom. The Kier molecular flexibility index (Phi) is 7.70. The summed E-state index contributed by atoms with van der Waals surface area (Å²) in [5, 5.41) is 2.70. The summed E-state index contributed by atoms with van der Waals surface area (Å²) >= 11 is 0. The summed E-state index contributed by atoms with van der Waals surface area (Å²) in [5.41, 5.74) is 2.27. The average Bonchev–Trinajstić information content (AvgIpc) is 2.76. The summed E-state index contributed by atoms with van der Waals surface area (Å²) in [5.74, 6) is 1.04. The van der Waals surface area contributed by atoms with E-state index in [0.29, 0.717) is 31.9 Å². The van der Waals surface area contributed by atoms with E-state index in [9.17, 15) is 13.2 Å². The molecule has 1 N–H and O–H groups in total. The lowest BCUT2D eigenvalue weighted by Crippen LogP contribution is -2.38. The topological polar surface area (TPSA) is 84.9 Å². The van der Waals surface area contributed by atoms with Crippen molar-refractivity contribution < 1.29 is 22.7 Å². The van der Waals surface area contributed by atoms with E-state index in [0.717, 1.165) is 17.7 Å². The number of benzene rings is 2. The van der Waals surface area contributed by atoms with Crippen LogP contribution >= 0.6 is 0 Å². The maximum Gasteiger partial charge on any atom is 0.257 e. The van der Waals surface area contributed by atoms with Crippen molar-refractivity contribution in [1.82, 2.24) is 9.62 Å². The molecule has 0 aliphatic carbocycles. The zero-order valence-electron chi connectivity index (χ0n) is 17.2. The molecule has 1 aliphatic rings. The second-order valence-corrected chi connectivity index (χ2v) is 9.15. The van der Waals surface area contributed by atoms with Crippen LogP contribution in [0.5, 0.6) is 11.5 Å². The van der Waals surface area contributed by atoms with E-state index >= 15 is 0 Å². The lowest BCUT2D eigenvalue weighted by molar-refractivity contribution is -0.123. The normalized spacial score (nSPS) is 14.0. The third-order valence-corrected chi connectivity index (χ3v) is 6.80. The van der Waals surface area contributed by atoms with Crippen LogP contribution in [0.2, 0.25) is 0 Å². The predicted octanol–water partition coefficient (Wildman–Crippen LogP) is 2.36. The zero-order chi connectivity index (χ0) is 21.4. The van der Waals surface area contributed by atoms with Gasteiger partial charge in [-0.1, -0.05) is 24.3 Å². The van der Waals surface area contributed by atoms with Crippen LogP contribution in [0.4, 0.5) is 0 Å². The average molecular weight is 433 g/mol. The molecular formula is C22H28N2O5S. The van der Waals surface area contributed by atoms with Gasteiger partial charge in [0.05, 0.1) is 12.4 Å². The van der Waals surface area contributed by atoms with Crippen LogP contribution in [0.25, 0.3) is 0 Å². The number of carbonyl (C=O) groups is 1. The summed E-state index contributed by atoms with van der Waals surface area (Å²) in [6, 6.07) is 15.0. The Bertz CT molecular complexity index is 944. The van der Waals surface area contributed by atoms with E-state index in [-0.39, 0.29) is 24.8 Å². The number of nitrogens with one attached hydrogen (secondary N) is 1. The highest BCUT2D eigenvalue weighted by atomic mass is 32.2. The van der Waals surface area contributed by atoms with Gasteiger partial charge in [0.15, 0.2) is 6.61 Å². The molecule has 7 nitrogen and oxygen atoms in total. The molecule has 1 aliphatic heterocycles. The molecule has 0 aromatic heterocycles. The Morgan fingerprint density at radius 1 is 1.03 bits per heavy atom. The van der Waals surface area contributed by atoms with Crippen LogP contribution in [-0.2, 0) is 27.8 Å². The fraction of sp³-hybridized carbons (Fsp3) is 0.409. The van der Waals surface area contributed by atoms with Crippen molar-refractivity contribution in [2.24, 2.45) is 0 Å². The van der Waals surface area contributed by atoms with Gasteiger partial charge in [0, 0.05) is 19.6 Å². The monoisotopic (exact) mass is 432 g/mol. The maximum absolute atomic E-state index is 12.6. The molecule has 2 aromatic rings. The smallest absolute Gasteiger partial charge is 0.257 e. The van der Waals surface area contributed by atoms with E-state index < -0.39 is 10.0 Å². The first-order chi connectivity index (χ1) is 14.5. The highest BCUT2D eigenvalue weighted by molar-refractivity contribution is 7.89. The van der Waals surface area contributed by atoms with Crippen LogP contribution in [0.1, 0.15) is 24.5 Å². The number of hydrogen-bond acceptors (Lipinski definition) is 5. The van der Waals surface area contributed by atoms with Gasteiger partial charge >= 0.3 is 0 Å². The van der Waals surface area contributed by atoms with Gasteiger partial charge in [-0.3, -0.25) is 4.79 Å². The van der Waals surface area contributed by atoms with Gasteiger partial charge < -0.3 is 14.8 Å². The number of nitrogens with zero attached hydrogens (tertiary/aromatic N) is 1. The highest BCUT2D eigenvalue weighted by Gasteiger charge is 2.26. The Balaban J connectivity index is 1.36. The number of sulfonamides is 1. The second kappa shape index (κ2) is 10.4. The van der Waals surface area contributed by atoms with Gasteiger partial charge in [0.2, 0.25) is 10.0 Å². The van der Waals surface area contributed by atoms with Crippen LogP contribution in [0.3, 0.4) is 0 Å². The summed E-state index contributed by atoms with van der Waals surface area (Å²) in [6.07, 6.45) is 1.09. The Labute approximate surface area is 178 Å². The number of fused-ring (bicyclic) bond motifs is 1. The molecule has 1 amide bonds. The molecule has 1 heterocycles. The van der Waals surface area contributed by atoms with Crippen molar-refractivity contribution in [3.05, 3.63) is 59.7 Å². The molecule has 2 aromatic carbocycles. The predicted molar refractivity (Wildman–Crippen MR) is 115 cm³/mol. The van der Waals surface area contributed by atoms with Crippen LogP contribution in [0.15, 0.2) is 48.5 Å². The number of carbonyl (C=O) groups excluding carboxylic acids is 1. The van der Waals surface area contributed by atoms with Gasteiger partial charge in [-0.05, 0) is 55.2 Å². The van der Waals surface area contributed by atoms with E-state index in [1.165, 1.54) is 9.87 Å². The van der Waals surface area contributed by atoms with Crippen molar-refractivity contribution in [3.63, 3.8) is 0 Å². The summed E-state index contributed by atoms with van der Waals surface area (Å²) in [7, 11) is -3.35. The molecule has 0 radical (unpaired) electrons. The standard InChI is InChI=1S/C22H28N2O5S/c1-2-28-20-8-10-21(11-9-20)29-17-22(25)23-13-5-15-30(26,27)24-14-12-18-6-3-4-7-19(18)16-24/h3-4,6-11H,2,5,12-17H2,1H3,(H,23,25). The second-order valence-electron chi connectivity index (χ2n) is 7.06. The molecule has 0 unspecified atom stereocenters.